The van der Waals surface area contributed by atoms with Gasteiger partial charge < -0.3 is 15.2 Å². The summed E-state index contributed by atoms with van der Waals surface area (Å²) in [4.78, 5) is 0. The van der Waals surface area contributed by atoms with Crippen LogP contribution < -0.4 is 10.1 Å². The van der Waals surface area contributed by atoms with Crippen LogP contribution in [0.25, 0.3) is 0 Å². The molecule has 1 unspecified atom stereocenters. The lowest BCUT2D eigenvalue weighted by atomic mass is 9.86. The topological polar surface area (TPSA) is 41.5 Å². The molecule has 3 nitrogen and oxygen atoms in total. The van der Waals surface area contributed by atoms with Crippen molar-refractivity contribution in [2.75, 3.05) is 20.3 Å². The normalized spacial score (nSPS) is 13.4. The van der Waals surface area contributed by atoms with Crippen LogP contribution in [0.1, 0.15) is 32.8 Å². The Kier molecular flexibility index (Phi) is 5.63. The second-order valence-electron chi connectivity index (χ2n) is 5.55. The van der Waals surface area contributed by atoms with Crippen molar-refractivity contribution in [3.05, 3.63) is 29.8 Å². The third-order valence-corrected chi connectivity index (χ3v) is 3.05. The fourth-order valence-corrected chi connectivity index (χ4v) is 1.85. The molecule has 1 aromatic rings. The summed E-state index contributed by atoms with van der Waals surface area (Å²) < 4.78 is 5.85. The van der Waals surface area contributed by atoms with Crippen LogP contribution in [-0.2, 0) is 5.41 Å². The van der Waals surface area contributed by atoms with E-state index in [9.17, 15) is 0 Å². The Bertz CT molecular complexity index is 354. The van der Waals surface area contributed by atoms with Gasteiger partial charge in [-0.05, 0) is 30.5 Å². The zero-order chi connectivity index (χ0) is 13.6. The van der Waals surface area contributed by atoms with Crippen molar-refractivity contribution in [3.8, 4) is 5.75 Å². The minimum absolute atomic E-state index is 0.0793. The minimum atomic E-state index is 0.0793. The summed E-state index contributed by atoms with van der Waals surface area (Å²) in [5.74, 6) is 0.942. The van der Waals surface area contributed by atoms with Crippen LogP contribution >= 0.6 is 0 Å². The summed E-state index contributed by atoms with van der Waals surface area (Å²) >= 11 is 0. The van der Waals surface area contributed by atoms with E-state index in [2.05, 4.69) is 32.2 Å². The fraction of sp³-hybridized carbons (Fsp3) is 0.600. The second-order valence-corrected chi connectivity index (χ2v) is 5.55. The molecular weight excluding hydrogens is 226 g/mol. The van der Waals surface area contributed by atoms with Crippen molar-refractivity contribution >= 4 is 0 Å². The molecule has 0 aliphatic heterocycles. The van der Waals surface area contributed by atoms with Gasteiger partial charge in [-0.15, -0.1) is 0 Å². The lowest BCUT2D eigenvalue weighted by Crippen LogP contribution is -2.30. The molecule has 0 spiro atoms. The number of aliphatic hydroxyl groups is 1. The fourth-order valence-electron chi connectivity index (χ4n) is 1.85. The Labute approximate surface area is 110 Å². The molecule has 1 aromatic carbocycles. The molecule has 0 fully saturated rings. The maximum Gasteiger partial charge on any atom is 0.123 e. The number of benzene rings is 1. The summed E-state index contributed by atoms with van der Waals surface area (Å²) in [5.41, 5.74) is 1.30. The highest BCUT2D eigenvalue weighted by Crippen LogP contribution is 2.30. The first-order chi connectivity index (χ1) is 8.49. The molecule has 102 valence electrons. The predicted octanol–water partition coefficient (Wildman–Crippen LogP) is 2.33. The molecule has 18 heavy (non-hydrogen) atoms. The average Bonchev–Trinajstić information content (AvgIpc) is 2.34. The molecule has 2 N–H and O–H groups in total. The summed E-state index contributed by atoms with van der Waals surface area (Å²) in [5, 5.41) is 12.1. The Hall–Kier alpha value is -1.06. The van der Waals surface area contributed by atoms with Gasteiger partial charge in [-0.3, -0.25) is 0 Å². The molecule has 3 heteroatoms. The largest absolute Gasteiger partial charge is 0.493 e. The highest BCUT2D eigenvalue weighted by molar-refractivity contribution is 5.38. The first-order valence-electron chi connectivity index (χ1n) is 6.49. The monoisotopic (exact) mass is 251 g/mol. The van der Waals surface area contributed by atoms with Crippen molar-refractivity contribution in [3.63, 3.8) is 0 Å². The maximum absolute atomic E-state index is 9.09. The number of para-hydroxylation sites is 1. The molecule has 1 atom stereocenters. The predicted molar refractivity (Wildman–Crippen MR) is 75.2 cm³/mol. The van der Waals surface area contributed by atoms with Gasteiger partial charge in [0.1, 0.15) is 5.75 Å². The summed E-state index contributed by atoms with van der Waals surface area (Å²) in [7, 11) is 1.85. The minimum Gasteiger partial charge on any atom is -0.493 e. The number of nitrogens with one attached hydrogen (secondary N) is 1. The average molecular weight is 251 g/mol. The van der Waals surface area contributed by atoms with Crippen LogP contribution in [-0.4, -0.2) is 31.4 Å². The van der Waals surface area contributed by atoms with Gasteiger partial charge in [0, 0.05) is 6.04 Å². The summed E-state index contributed by atoms with van der Waals surface area (Å²) in [6.45, 7) is 7.29. The van der Waals surface area contributed by atoms with Crippen LogP contribution in [0.2, 0.25) is 0 Å². The quantitative estimate of drug-likeness (QED) is 0.815. The van der Waals surface area contributed by atoms with Gasteiger partial charge in [0.25, 0.3) is 0 Å². The second kappa shape index (κ2) is 6.76. The molecule has 0 saturated heterocycles. The van der Waals surface area contributed by atoms with Crippen molar-refractivity contribution in [2.45, 2.75) is 38.6 Å². The van der Waals surface area contributed by atoms with Crippen LogP contribution in [0.4, 0.5) is 0 Å². The van der Waals surface area contributed by atoms with E-state index >= 15 is 0 Å². The number of likely N-dealkylation sites (N-methyl/N-ethyl adjacent to an activating group) is 1. The molecule has 0 aliphatic rings. The van der Waals surface area contributed by atoms with Gasteiger partial charge >= 0.3 is 0 Å². The lowest BCUT2D eigenvalue weighted by molar-refractivity contribution is 0.213. The number of rotatable bonds is 6. The lowest BCUT2D eigenvalue weighted by Gasteiger charge is -2.23. The van der Waals surface area contributed by atoms with E-state index in [4.69, 9.17) is 9.84 Å². The van der Waals surface area contributed by atoms with Crippen LogP contribution in [0.5, 0.6) is 5.75 Å². The van der Waals surface area contributed by atoms with E-state index in [0.29, 0.717) is 6.61 Å². The van der Waals surface area contributed by atoms with E-state index in [0.717, 1.165) is 12.2 Å². The molecule has 0 amide bonds. The van der Waals surface area contributed by atoms with E-state index in [1.54, 1.807) is 0 Å². The van der Waals surface area contributed by atoms with Gasteiger partial charge in [-0.1, -0.05) is 39.0 Å². The van der Waals surface area contributed by atoms with Crippen molar-refractivity contribution in [1.82, 2.24) is 5.32 Å². The zero-order valence-corrected chi connectivity index (χ0v) is 11.9. The third kappa shape index (κ3) is 4.31. The molecule has 0 aliphatic carbocycles. The highest BCUT2D eigenvalue weighted by atomic mass is 16.5. The number of hydrogen-bond donors (Lipinski definition) is 2. The van der Waals surface area contributed by atoms with E-state index in [-0.39, 0.29) is 18.1 Å². The maximum atomic E-state index is 9.09. The molecule has 0 bridgehead atoms. The van der Waals surface area contributed by atoms with Gasteiger partial charge in [0.05, 0.1) is 13.2 Å². The molecule has 1 rings (SSSR count). The van der Waals surface area contributed by atoms with E-state index < -0.39 is 0 Å². The van der Waals surface area contributed by atoms with Crippen LogP contribution in [0.3, 0.4) is 0 Å². The summed E-state index contributed by atoms with van der Waals surface area (Å²) in [6, 6.07) is 8.25. The number of aliphatic hydroxyl groups excluding tert-OH is 1. The van der Waals surface area contributed by atoms with E-state index in [1.807, 2.05) is 25.2 Å². The molecule has 0 saturated carbocycles. The number of ether oxygens (including phenoxy) is 1. The third-order valence-electron chi connectivity index (χ3n) is 3.05. The Morgan fingerprint density at radius 1 is 1.28 bits per heavy atom. The Balaban J connectivity index is 2.62. The molecular formula is C15H25NO2. The van der Waals surface area contributed by atoms with Crippen LogP contribution in [0.15, 0.2) is 24.3 Å². The Morgan fingerprint density at radius 2 is 1.94 bits per heavy atom. The molecule has 0 heterocycles. The van der Waals surface area contributed by atoms with Gasteiger partial charge in [0.2, 0.25) is 0 Å². The first-order valence-corrected chi connectivity index (χ1v) is 6.49. The van der Waals surface area contributed by atoms with Crippen molar-refractivity contribution < 1.29 is 9.84 Å². The molecule has 0 radical (unpaired) electrons. The molecule has 0 aromatic heterocycles. The summed E-state index contributed by atoms with van der Waals surface area (Å²) in [6.07, 6.45) is 0.797. The number of hydrogen-bond acceptors (Lipinski definition) is 3. The first kappa shape index (κ1) is 15.0. The van der Waals surface area contributed by atoms with Crippen LogP contribution in [0, 0.1) is 0 Å². The highest BCUT2D eigenvalue weighted by Gasteiger charge is 2.18. The zero-order valence-electron chi connectivity index (χ0n) is 11.9. The van der Waals surface area contributed by atoms with Gasteiger partial charge in [-0.25, -0.2) is 0 Å². The van der Waals surface area contributed by atoms with Crippen molar-refractivity contribution in [2.24, 2.45) is 0 Å². The van der Waals surface area contributed by atoms with Gasteiger partial charge in [-0.2, -0.15) is 0 Å². The SMILES string of the molecule is CNC(CO)CCOc1ccccc1C(C)(C)C. The standard InChI is InChI=1S/C15H25NO2/c1-15(2,3)13-7-5-6-8-14(13)18-10-9-12(11-17)16-4/h5-8,12,16-17H,9-11H2,1-4H3. The van der Waals surface area contributed by atoms with E-state index in [1.165, 1.54) is 5.56 Å². The van der Waals surface area contributed by atoms with Crippen molar-refractivity contribution in [1.29, 1.82) is 0 Å². The Morgan fingerprint density at radius 3 is 2.50 bits per heavy atom. The van der Waals surface area contributed by atoms with Gasteiger partial charge in [0.15, 0.2) is 0 Å². The smallest absolute Gasteiger partial charge is 0.123 e.